The third-order valence-electron chi connectivity index (χ3n) is 1.76. The minimum atomic E-state index is -0.000880. The predicted molar refractivity (Wildman–Crippen MR) is 57.9 cm³/mol. The van der Waals surface area contributed by atoms with Gasteiger partial charge in [-0.3, -0.25) is 0 Å². The van der Waals surface area contributed by atoms with E-state index in [1.54, 1.807) is 0 Å². The van der Waals surface area contributed by atoms with E-state index in [0.717, 1.165) is 15.8 Å². The van der Waals surface area contributed by atoms with Crippen molar-refractivity contribution in [2.45, 2.75) is 19.9 Å². The molecule has 0 aromatic heterocycles. The fourth-order valence-corrected chi connectivity index (χ4v) is 1.54. The highest BCUT2D eigenvalue weighted by atomic mass is 79.9. The Morgan fingerprint density at radius 3 is 2.77 bits per heavy atom. The molecule has 2 N–H and O–H groups in total. The number of nitrogens with two attached hydrogens (primary N) is 1. The highest BCUT2D eigenvalue weighted by molar-refractivity contribution is 9.10. The fourth-order valence-electron chi connectivity index (χ4n) is 1.16. The van der Waals surface area contributed by atoms with Gasteiger partial charge in [0.1, 0.15) is 5.75 Å². The molecule has 0 aliphatic heterocycles. The molecule has 2 nitrogen and oxygen atoms in total. The van der Waals surface area contributed by atoms with Gasteiger partial charge in [0.05, 0.1) is 6.61 Å². The molecule has 0 spiro atoms. The smallest absolute Gasteiger partial charge is 0.124 e. The number of hydrogen-bond donors (Lipinski definition) is 1. The zero-order valence-corrected chi connectivity index (χ0v) is 9.47. The van der Waals surface area contributed by atoms with Crippen molar-refractivity contribution in [3.63, 3.8) is 0 Å². The van der Waals surface area contributed by atoms with Crippen molar-refractivity contribution in [2.75, 3.05) is 6.61 Å². The Kier molecular flexibility index (Phi) is 3.75. The molecule has 0 heterocycles. The summed E-state index contributed by atoms with van der Waals surface area (Å²) in [6, 6.07) is 5.89. The van der Waals surface area contributed by atoms with E-state index in [4.69, 9.17) is 10.5 Å². The van der Waals surface area contributed by atoms with E-state index in [1.807, 2.05) is 32.0 Å². The Bertz CT molecular complexity index is 286. The third kappa shape index (κ3) is 2.71. The van der Waals surface area contributed by atoms with Crippen molar-refractivity contribution in [1.82, 2.24) is 0 Å². The van der Waals surface area contributed by atoms with Gasteiger partial charge in [0, 0.05) is 16.1 Å². The van der Waals surface area contributed by atoms with Crippen LogP contribution in [-0.4, -0.2) is 6.61 Å². The second-order valence-corrected chi connectivity index (χ2v) is 3.82. The van der Waals surface area contributed by atoms with Crippen LogP contribution < -0.4 is 10.5 Å². The maximum Gasteiger partial charge on any atom is 0.124 e. The first-order valence-electron chi connectivity index (χ1n) is 4.33. The topological polar surface area (TPSA) is 35.2 Å². The molecule has 0 radical (unpaired) electrons. The summed E-state index contributed by atoms with van der Waals surface area (Å²) < 4.78 is 6.48. The van der Waals surface area contributed by atoms with Crippen LogP contribution in [0.5, 0.6) is 5.75 Å². The summed E-state index contributed by atoms with van der Waals surface area (Å²) in [5, 5.41) is 0. The van der Waals surface area contributed by atoms with Crippen LogP contribution in [0, 0.1) is 0 Å². The van der Waals surface area contributed by atoms with E-state index in [-0.39, 0.29) is 6.04 Å². The van der Waals surface area contributed by atoms with Gasteiger partial charge in [-0.25, -0.2) is 0 Å². The predicted octanol–water partition coefficient (Wildman–Crippen LogP) is 2.87. The molecule has 13 heavy (non-hydrogen) atoms. The van der Waals surface area contributed by atoms with Gasteiger partial charge in [0.25, 0.3) is 0 Å². The highest BCUT2D eigenvalue weighted by Gasteiger charge is 2.07. The van der Waals surface area contributed by atoms with Gasteiger partial charge in [0.15, 0.2) is 0 Å². The van der Waals surface area contributed by atoms with Crippen LogP contribution in [0.1, 0.15) is 25.5 Å². The van der Waals surface area contributed by atoms with Crippen molar-refractivity contribution in [3.8, 4) is 5.75 Å². The summed E-state index contributed by atoms with van der Waals surface area (Å²) in [6.45, 7) is 4.58. The molecule has 1 aromatic carbocycles. The van der Waals surface area contributed by atoms with Crippen LogP contribution in [0.2, 0.25) is 0 Å². The van der Waals surface area contributed by atoms with Gasteiger partial charge in [-0.2, -0.15) is 0 Å². The van der Waals surface area contributed by atoms with Crippen molar-refractivity contribution < 1.29 is 4.74 Å². The zero-order chi connectivity index (χ0) is 9.84. The monoisotopic (exact) mass is 243 g/mol. The zero-order valence-electron chi connectivity index (χ0n) is 7.88. The molecule has 1 unspecified atom stereocenters. The molecule has 72 valence electrons. The maximum absolute atomic E-state index is 5.81. The van der Waals surface area contributed by atoms with Gasteiger partial charge >= 0.3 is 0 Å². The lowest BCUT2D eigenvalue weighted by Gasteiger charge is -2.13. The van der Waals surface area contributed by atoms with Crippen LogP contribution in [0.25, 0.3) is 0 Å². The van der Waals surface area contributed by atoms with Crippen LogP contribution >= 0.6 is 15.9 Å². The van der Waals surface area contributed by atoms with Crippen LogP contribution in [0.4, 0.5) is 0 Å². The molecule has 0 saturated carbocycles. The minimum absolute atomic E-state index is 0.000880. The van der Waals surface area contributed by atoms with Crippen LogP contribution in [0.3, 0.4) is 0 Å². The molecule has 1 aromatic rings. The number of benzene rings is 1. The molecule has 0 aliphatic rings. The highest BCUT2D eigenvalue weighted by Crippen LogP contribution is 2.27. The van der Waals surface area contributed by atoms with Crippen molar-refractivity contribution in [1.29, 1.82) is 0 Å². The Labute approximate surface area is 87.2 Å². The lowest BCUT2D eigenvalue weighted by atomic mass is 10.1. The molecule has 1 atom stereocenters. The molecular formula is C10H14BrNO. The van der Waals surface area contributed by atoms with Gasteiger partial charge in [-0.05, 0) is 32.0 Å². The largest absolute Gasteiger partial charge is 0.494 e. The van der Waals surface area contributed by atoms with Gasteiger partial charge in [0.2, 0.25) is 0 Å². The minimum Gasteiger partial charge on any atom is -0.494 e. The maximum atomic E-state index is 5.81. The van der Waals surface area contributed by atoms with Gasteiger partial charge in [-0.15, -0.1) is 0 Å². The summed E-state index contributed by atoms with van der Waals surface area (Å²) in [5.41, 5.74) is 6.85. The normalized spacial score (nSPS) is 12.6. The molecule has 0 bridgehead atoms. The van der Waals surface area contributed by atoms with E-state index in [2.05, 4.69) is 15.9 Å². The number of hydrogen-bond acceptors (Lipinski definition) is 2. The fraction of sp³-hybridized carbons (Fsp3) is 0.400. The number of rotatable bonds is 3. The molecule has 0 saturated heterocycles. The van der Waals surface area contributed by atoms with Crippen molar-refractivity contribution in [2.24, 2.45) is 5.73 Å². The first-order valence-corrected chi connectivity index (χ1v) is 5.12. The summed E-state index contributed by atoms with van der Waals surface area (Å²) in [6.07, 6.45) is 0. The summed E-state index contributed by atoms with van der Waals surface area (Å²) in [7, 11) is 0. The molecular weight excluding hydrogens is 230 g/mol. The van der Waals surface area contributed by atoms with E-state index in [1.165, 1.54) is 0 Å². The number of ether oxygens (including phenoxy) is 1. The average Bonchev–Trinajstić information content (AvgIpc) is 2.08. The number of halogens is 1. The summed E-state index contributed by atoms with van der Waals surface area (Å²) in [5.74, 6) is 0.876. The van der Waals surface area contributed by atoms with E-state index < -0.39 is 0 Å². The van der Waals surface area contributed by atoms with Gasteiger partial charge in [-0.1, -0.05) is 15.9 Å². The Hall–Kier alpha value is -0.540. The SMILES string of the molecule is CCOc1ccc(Br)cc1C(C)N. The Morgan fingerprint density at radius 2 is 2.23 bits per heavy atom. The van der Waals surface area contributed by atoms with E-state index in [0.29, 0.717) is 6.61 Å². The Morgan fingerprint density at radius 1 is 1.54 bits per heavy atom. The van der Waals surface area contributed by atoms with Crippen LogP contribution in [0.15, 0.2) is 22.7 Å². The second kappa shape index (κ2) is 4.63. The Balaban J connectivity index is 3.03. The lowest BCUT2D eigenvalue weighted by Crippen LogP contribution is -2.07. The van der Waals surface area contributed by atoms with Gasteiger partial charge < -0.3 is 10.5 Å². The molecule has 0 amide bonds. The second-order valence-electron chi connectivity index (χ2n) is 2.90. The van der Waals surface area contributed by atoms with Crippen LogP contribution in [-0.2, 0) is 0 Å². The molecule has 0 aliphatic carbocycles. The third-order valence-corrected chi connectivity index (χ3v) is 2.26. The van der Waals surface area contributed by atoms with E-state index >= 15 is 0 Å². The summed E-state index contributed by atoms with van der Waals surface area (Å²) in [4.78, 5) is 0. The molecule has 1 rings (SSSR count). The first kappa shape index (κ1) is 10.5. The van der Waals surface area contributed by atoms with Crippen molar-refractivity contribution in [3.05, 3.63) is 28.2 Å². The summed E-state index contributed by atoms with van der Waals surface area (Å²) >= 11 is 3.40. The van der Waals surface area contributed by atoms with E-state index in [9.17, 15) is 0 Å². The first-order chi connectivity index (χ1) is 6.15. The standard InChI is InChI=1S/C10H14BrNO/c1-3-13-10-5-4-8(11)6-9(10)7(2)12/h4-7H,3,12H2,1-2H3. The molecule has 3 heteroatoms. The quantitative estimate of drug-likeness (QED) is 0.887. The lowest BCUT2D eigenvalue weighted by molar-refractivity contribution is 0.335. The average molecular weight is 244 g/mol. The molecule has 0 fully saturated rings. The van der Waals surface area contributed by atoms with Crippen molar-refractivity contribution >= 4 is 15.9 Å².